The Kier molecular flexibility index (Phi) is 2.91. The van der Waals surface area contributed by atoms with E-state index in [4.69, 9.17) is 22.1 Å². The minimum absolute atomic E-state index is 0.111. The first-order valence-electron chi connectivity index (χ1n) is 4.89. The van der Waals surface area contributed by atoms with E-state index < -0.39 is 5.92 Å². The van der Waals surface area contributed by atoms with Gasteiger partial charge in [-0.2, -0.15) is 10.5 Å². The van der Waals surface area contributed by atoms with Gasteiger partial charge in [-0.05, 0) is 18.6 Å². The highest BCUT2D eigenvalue weighted by molar-refractivity contribution is 6.30. The SMILES string of the molecule is Cc1cccc2nc(C(C#N)C#N)c(Cl)nc12. The Morgan fingerprint density at radius 1 is 1.24 bits per heavy atom. The molecule has 0 aliphatic rings. The van der Waals surface area contributed by atoms with Gasteiger partial charge in [0.2, 0.25) is 0 Å². The molecular weight excluding hydrogens is 236 g/mol. The number of rotatable bonds is 1. The number of benzene rings is 1. The van der Waals surface area contributed by atoms with Crippen LogP contribution in [0.5, 0.6) is 0 Å². The maximum atomic E-state index is 8.83. The van der Waals surface area contributed by atoms with E-state index in [-0.39, 0.29) is 10.8 Å². The summed E-state index contributed by atoms with van der Waals surface area (Å²) in [4.78, 5) is 8.43. The second kappa shape index (κ2) is 4.37. The zero-order valence-electron chi connectivity index (χ0n) is 8.98. The molecule has 0 bridgehead atoms. The summed E-state index contributed by atoms with van der Waals surface area (Å²) in [6.07, 6.45) is 0. The van der Waals surface area contributed by atoms with Crippen LogP contribution in [0, 0.1) is 29.6 Å². The lowest BCUT2D eigenvalue weighted by molar-refractivity contribution is 1.01. The molecule has 1 aromatic heterocycles. The molecule has 0 amide bonds. The predicted molar refractivity (Wildman–Crippen MR) is 63.3 cm³/mol. The van der Waals surface area contributed by atoms with Crippen molar-refractivity contribution in [1.29, 1.82) is 10.5 Å². The number of halogens is 1. The molecule has 1 aromatic carbocycles. The predicted octanol–water partition coefficient (Wildman–Crippen LogP) is 2.72. The zero-order chi connectivity index (χ0) is 12.4. The summed E-state index contributed by atoms with van der Waals surface area (Å²) in [5.74, 6) is -0.986. The van der Waals surface area contributed by atoms with Gasteiger partial charge in [-0.3, -0.25) is 0 Å². The van der Waals surface area contributed by atoms with E-state index in [1.807, 2.05) is 31.2 Å². The Bertz CT molecular complexity index is 652. The second-order valence-corrected chi connectivity index (χ2v) is 3.89. The summed E-state index contributed by atoms with van der Waals surface area (Å²) in [5, 5.41) is 17.8. The van der Waals surface area contributed by atoms with Gasteiger partial charge in [0.25, 0.3) is 0 Å². The Balaban J connectivity index is 2.74. The van der Waals surface area contributed by atoms with Crippen LogP contribution < -0.4 is 0 Å². The number of hydrogen-bond donors (Lipinski definition) is 0. The standard InChI is InChI=1S/C12H7ClN4/c1-7-3-2-4-9-10(7)17-12(13)11(16-9)8(5-14)6-15/h2-4,8H,1H3. The molecule has 0 atom stereocenters. The summed E-state index contributed by atoms with van der Waals surface area (Å²) >= 11 is 5.95. The Hall–Kier alpha value is -2.17. The summed E-state index contributed by atoms with van der Waals surface area (Å²) in [7, 11) is 0. The molecule has 0 saturated heterocycles. The van der Waals surface area contributed by atoms with E-state index in [0.717, 1.165) is 5.56 Å². The Morgan fingerprint density at radius 2 is 1.94 bits per heavy atom. The third-order valence-corrected chi connectivity index (χ3v) is 2.69. The van der Waals surface area contributed by atoms with Crippen molar-refractivity contribution in [2.24, 2.45) is 0 Å². The molecule has 0 spiro atoms. The molecule has 2 rings (SSSR count). The van der Waals surface area contributed by atoms with Crippen LogP contribution in [-0.4, -0.2) is 9.97 Å². The summed E-state index contributed by atoms with van der Waals surface area (Å²) < 4.78 is 0. The van der Waals surface area contributed by atoms with Gasteiger partial charge < -0.3 is 0 Å². The maximum absolute atomic E-state index is 8.83. The van der Waals surface area contributed by atoms with Gasteiger partial charge in [0.05, 0.1) is 23.2 Å². The largest absolute Gasteiger partial charge is 0.245 e. The summed E-state index contributed by atoms with van der Waals surface area (Å²) in [6.45, 7) is 1.90. The molecule has 4 nitrogen and oxygen atoms in total. The van der Waals surface area contributed by atoms with Crippen molar-refractivity contribution < 1.29 is 0 Å². The fourth-order valence-corrected chi connectivity index (χ4v) is 1.78. The molecule has 0 radical (unpaired) electrons. The maximum Gasteiger partial charge on any atom is 0.178 e. The van der Waals surface area contributed by atoms with E-state index in [9.17, 15) is 0 Å². The van der Waals surface area contributed by atoms with E-state index >= 15 is 0 Å². The van der Waals surface area contributed by atoms with Crippen LogP contribution in [0.4, 0.5) is 0 Å². The van der Waals surface area contributed by atoms with E-state index in [1.165, 1.54) is 0 Å². The number of nitriles is 2. The minimum atomic E-state index is -0.986. The van der Waals surface area contributed by atoms with Gasteiger partial charge >= 0.3 is 0 Å². The number of aryl methyl sites for hydroxylation is 1. The third-order valence-electron chi connectivity index (χ3n) is 2.41. The van der Waals surface area contributed by atoms with Crippen LogP contribution in [0.15, 0.2) is 18.2 Å². The van der Waals surface area contributed by atoms with Crippen LogP contribution in [0.3, 0.4) is 0 Å². The average Bonchev–Trinajstić information content (AvgIpc) is 2.33. The van der Waals surface area contributed by atoms with Crippen molar-refractivity contribution in [3.8, 4) is 12.1 Å². The minimum Gasteiger partial charge on any atom is -0.245 e. The van der Waals surface area contributed by atoms with Gasteiger partial charge in [-0.1, -0.05) is 23.7 Å². The summed E-state index contributed by atoms with van der Waals surface area (Å²) in [6, 6.07) is 9.21. The molecule has 0 unspecified atom stereocenters. The number of aromatic nitrogens is 2. The molecule has 82 valence electrons. The van der Waals surface area contributed by atoms with Crippen molar-refractivity contribution in [2.75, 3.05) is 0 Å². The van der Waals surface area contributed by atoms with Gasteiger partial charge in [0.1, 0.15) is 5.69 Å². The summed E-state index contributed by atoms with van der Waals surface area (Å²) in [5.41, 5.74) is 2.50. The topological polar surface area (TPSA) is 73.4 Å². The Morgan fingerprint density at radius 3 is 2.59 bits per heavy atom. The molecule has 0 aliphatic heterocycles. The molecule has 0 aliphatic carbocycles. The van der Waals surface area contributed by atoms with E-state index in [1.54, 1.807) is 6.07 Å². The smallest absolute Gasteiger partial charge is 0.178 e. The highest BCUT2D eigenvalue weighted by atomic mass is 35.5. The molecule has 0 saturated carbocycles. The van der Waals surface area contributed by atoms with Crippen LogP contribution in [0.25, 0.3) is 11.0 Å². The van der Waals surface area contributed by atoms with Crippen molar-refractivity contribution in [3.05, 3.63) is 34.6 Å². The number of hydrogen-bond acceptors (Lipinski definition) is 4. The lowest BCUT2D eigenvalue weighted by atomic mass is 10.1. The first-order valence-corrected chi connectivity index (χ1v) is 5.27. The fourth-order valence-electron chi connectivity index (χ4n) is 1.55. The van der Waals surface area contributed by atoms with E-state index in [0.29, 0.717) is 11.0 Å². The third kappa shape index (κ3) is 1.91. The van der Waals surface area contributed by atoms with E-state index in [2.05, 4.69) is 9.97 Å². The van der Waals surface area contributed by atoms with Crippen LogP contribution in [0.1, 0.15) is 17.2 Å². The van der Waals surface area contributed by atoms with Crippen LogP contribution >= 0.6 is 11.6 Å². The first kappa shape index (κ1) is 11.3. The van der Waals surface area contributed by atoms with Crippen LogP contribution in [0.2, 0.25) is 5.15 Å². The van der Waals surface area contributed by atoms with Crippen molar-refractivity contribution in [1.82, 2.24) is 9.97 Å². The Labute approximate surface area is 103 Å². The monoisotopic (exact) mass is 242 g/mol. The lowest BCUT2D eigenvalue weighted by Crippen LogP contribution is -2.01. The molecule has 1 heterocycles. The fraction of sp³-hybridized carbons (Fsp3) is 0.167. The molecule has 0 N–H and O–H groups in total. The van der Waals surface area contributed by atoms with Crippen LogP contribution in [-0.2, 0) is 0 Å². The molecular formula is C12H7ClN4. The number of fused-ring (bicyclic) bond motifs is 1. The molecule has 2 aromatic rings. The molecule has 5 heteroatoms. The number of para-hydroxylation sites is 1. The van der Waals surface area contributed by atoms with Gasteiger partial charge in [0, 0.05) is 0 Å². The second-order valence-electron chi connectivity index (χ2n) is 3.53. The number of nitrogens with zero attached hydrogens (tertiary/aromatic N) is 4. The molecule has 0 fully saturated rings. The highest BCUT2D eigenvalue weighted by Crippen LogP contribution is 2.24. The molecule has 17 heavy (non-hydrogen) atoms. The van der Waals surface area contributed by atoms with Crippen molar-refractivity contribution in [3.63, 3.8) is 0 Å². The quantitative estimate of drug-likeness (QED) is 0.771. The highest BCUT2D eigenvalue weighted by Gasteiger charge is 2.17. The lowest BCUT2D eigenvalue weighted by Gasteiger charge is -2.06. The van der Waals surface area contributed by atoms with Gasteiger partial charge in [-0.15, -0.1) is 0 Å². The first-order chi connectivity index (χ1) is 8.17. The van der Waals surface area contributed by atoms with Gasteiger partial charge in [0.15, 0.2) is 11.1 Å². The van der Waals surface area contributed by atoms with Crippen molar-refractivity contribution >= 4 is 22.6 Å². The van der Waals surface area contributed by atoms with Gasteiger partial charge in [-0.25, -0.2) is 9.97 Å². The normalized spacial score (nSPS) is 10.2. The average molecular weight is 243 g/mol. The zero-order valence-corrected chi connectivity index (χ0v) is 9.73. The van der Waals surface area contributed by atoms with Crippen molar-refractivity contribution in [2.45, 2.75) is 12.8 Å².